The molecule has 2 saturated carbocycles. The standard InChI is InChI=1S/C20H30N4O3/c1-19(2)10-24(9-16(19)22-18(26)20(5-6-20)11-27-4)17(25)14-7-13(14)15-8-21-12-23(15)3/h8,12-14,16H,5-7,9-11H2,1-4H3,(H,22,26)/t13-,14-,16?/m1/s1. The summed E-state index contributed by atoms with van der Waals surface area (Å²) < 4.78 is 7.23. The summed E-state index contributed by atoms with van der Waals surface area (Å²) in [5.74, 6) is 0.618. The van der Waals surface area contributed by atoms with Crippen LogP contribution in [-0.4, -0.2) is 59.1 Å². The molecule has 1 aliphatic heterocycles. The van der Waals surface area contributed by atoms with E-state index < -0.39 is 0 Å². The van der Waals surface area contributed by atoms with Crippen molar-refractivity contribution in [3.63, 3.8) is 0 Å². The van der Waals surface area contributed by atoms with Crippen molar-refractivity contribution >= 4 is 11.8 Å². The van der Waals surface area contributed by atoms with Gasteiger partial charge in [-0.15, -0.1) is 0 Å². The van der Waals surface area contributed by atoms with Gasteiger partial charge in [-0.2, -0.15) is 0 Å². The summed E-state index contributed by atoms with van der Waals surface area (Å²) in [5, 5.41) is 3.22. The Balaban J connectivity index is 1.38. The van der Waals surface area contributed by atoms with Gasteiger partial charge in [0.05, 0.1) is 24.4 Å². The molecule has 3 aliphatic rings. The lowest BCUT2D eigenvalue weighted by Crippen LogP contribution is -2.48. The van der Waals surface area contributed by atoms with Crippen molar-refractivity contribution in [2.24, 2.45) is 23.8 Å². The number of hydrogen-bond acceptors (Lipinski definition) is 4. The number of carbonyl (C=O) groups excluding carboxylic acids is 2. The summed E-state index contributed by atoms with van der Waals surface area (Å²) >= 11 is 0. The molecule has 4 rings (SSSR count). The molecular formula is C20H30N4O3. The second-order valence-electron chi connectivity index (χ2n) is 9.32. The smallest absolute Gasteiger partial charge is 0.228 e. The number of rotatable bonds is 6. The molecule has 1 unspecified atom stereocenters. The average molecular weight is 374 g/mol. The zero-order valence-corrected chi connectivity index (χ0v) is 16.7. The number of nitrogens with one attached hydrogen (secondary N) is 1. The number of ether oxygens (including phenoxy) is 1. The van der Waals surface area contributed by atoms with Crippen molar-refractivity contribution in [1.29, 1.82) is 0 Å². The first kappa shape index (κ1) is 18.5. The minimum atomic E-state index is -0.344. The van der Waals surface area contributed by atoms with Gasteiger partial charge in [0.25, 0.3) is 0 Å². The van der Waals surface area contributed by atoms with Gasteiger partial charge in [0.1, 0.15) is 0 Å². The zero-order chi connectivity index (χ0) is 19.4. The second kappa shape index (κ2) is 6.33. The number of hydrogen-bond donors (Lipinski definition) is 1. The number of likely N-dealkylation sites (tertiary alicyclic amines) is 1. The normalized spacial score (nSPS) is 30.2. The van der Waals surface area contributed by atoms with Crippen LogP contribution >= 0.6 is 0 Å². The molecule has 0 aromatic carbocycles. The fourth-order valence-electron chi connectivity index (χ4n) is 4.47. The number of imidazole rings is 1. The quantitative estimate of drug-likeness (QED) is 0.814. The first-order valence-electron chi connectivity index (χ1n) is 9.82. The monoisotopic (exact) mass is 374 g/mol. The van der Waals surface area contributed by atoms with Crippen LogP contribution in [0.2, 0.25) is 0 Å². The SMILES string of the molecule is COCC1(C(=O)NC2CN(C(=O)[C@@H]3C[C@H]3c3cncn3C)CC2(C)C)CC1. The molecule has 0 spiro atoms. The van der Waals surface area contributed by atoms with Crippen molar-refractivity contribution in [2.45, 2.75) is 45.1 Å². The molecule has 1 aromatic rings. The van der Waals surface area contributed by atoms with E-state index in [4.69, 9.17) is 4.74 Å². The first-order valence-corrected chi connectivity index (χ1v) is 9.82. The van der Waals surface area contributed by atoms with E-state index >= 15 is 0 Å². The second-order valence-corrected chi connectivity index (χ2v) is 9.32. The van der Waals surface area contributed by atoms with Crippen molar-refractivity contribution in [1.82, 2.24) is 19.8 Å². The third kappa shape index (κ3) is 3.26. The largest absolute Gasteiger partial charge is 0.384 e. The van der Waals surface area contributed by atoms with Crippen LogP contribution in [0.5, 0.6) is 0 Å². The van der Waals surface area contributed by atoms with Gasteiger partial charge >= 0.3 is 0 Å². The van der Waals surface area contributed by atoms with Crippen LogP contribution in [0.15, 0.2) is 12.5 Å². The number of amides is 2. The molecule has 3 fully saturated rings. The van der Waals surface area contributed by atoms with E-state index in [1.54, 1.807) is 13.4 Å². The molecule has 0 radical (unpaired) electrons. The molecule has 1 aromatic heterocycles. The van der Waals surface area contributed by atoms with Gasteiger partial charge < -0.3 is 19.5 Å². The Bertz CT molecular complexity index is 752. The molecule has 7 heteroatoms. The molecule has 27 heavy (non-hydrogen) atoms. The van der Waals surface area contributed by atoms with Crippen molar-refractivity contribution < 1.29 is 14.3 Å². The third-order valence-corrected chi connectivity index (χ3v) is 6.66. The fraction of sp³-hybridized carbons (Fsp3) is 0.750. The number of aromatic nitrogens is 2. The van der Waals surface area contributed by atoms with Gasteiger partial charge in [-0.25, -0.2) is 4.98 Å². The summed E-state index contributed by atoms with van der Waals surface area (Å²) in [6.45, 7) is 6.01. The number of methoxy groups -OCH3 is 1. The van der Waals surface area contributed by atoms with Crippen LogP contribution in [0.3, 0.4) is 0 Å². The van der Waals surface area contributed by atoms with E-state index in [-0.39, 0.29) is 40.5 Å². The molecule has 2 amide bonds. The van der Waals surface area contributed by atoms with Crippen LogP contribution in [0, 0.1) is 16.7 Å². The number of nitrogens with zero attached hydrogens (tertiary/aromatic N) is 3. The third-order valence-electron chi connectivity index (χ3n) is 6.66. The number of carbonyl (C=O) groups is 2. The lowest BCUT2D eigenvalue weighted by Gasteiger charge is -2.27. The summed E-state index contributed by atoms with van der Waals surface area (Å²) in [5.41, 5.74) is 0.654. The molecule has 0 bridgehead atoms. The zero-order valence-electron chi connectivity index (χ0n) is 16.7. The average Bonchev–Trinajstić information content (AvgIpc) is 3.50. The van der Waals surface area contributed by atoms with Crippen LogP contribution in [0.1, 0.15) is 44.7 Å². The minimum Gasteiger partial charge on any atom is -0.384 e. The Morgan fingerprint density at radius 1 is 1.37 bits per heavy atom. The highest BCUT2D eigenvalue weighted by atomic mass is 16.5. The van der Waals surface area contributed by atoms with Crippen LogP contribution < -0.4 is 5.32 Å². The highest BCUT2D eigenvalue weighted by Crippen LogP contribution is 2.49. The first-order chi connectivity index (χ1) is 12.8. The van der Waals surface area contributed by atoms with E-state index in [0.29, 0.717) is 19.7 Å². The molecule has 148 valence electrons. The predicted octanol–water partition coefficient (Wildman–Crippen LogP) is 1.30. The maximum Gasteiger partial charge on any atom is 0.228 e. The lowest BCUT2D eigenvalue weighted by atomic mass is 9.87. The molecule has 2 heterocycles. The number of aryl methyl sites for hydroxylation is 1. The Labute approximate surface area is 160 Å². The summed E-state index contributed by atoms with van der Waals surface area (Å²) in [6, 6.07) is -0.0165. The fourth-order valence-corrected chi connectivity index (χ4v) is 4.47. The van der Waals surface area contributed by atoms with E-state index in [0.717, 1.165) is 25.0 Å². The Hall–Kier alpha value is -1.89. The van der Waals surface area contributed by atoms with Crippen LogP contribution in [0.4, 0.5) is 0 Å². The summed E-state index contributed by atoms with van der Waals surface area (Å²) in [6.07, 6.45) is 6.31. The van der Waals surface area contributed by atoms with Crippen LogP contribution in [-0.2, 0) is 21.4 Å². The van der Waals surface area contributed by atoms with Gasteiger partial charge in [-0.1, -0.05) is 13.8 Å². The van der Waals surface area contributed by atoms with Crippen molar-refractivity contribution in [2.75, 3.05) is 26.8 Å². The van der Waals surface area contributed by atoms with E-state index in [2.05, 4.69) is 24.1 Å². The van der Waals surface area contributed by atoms with Gasteiger partial charge in [0, 0.05) is 56.4 Å². The molecular weight excluding hydrogens is 344 g/mol. The molecule has 7 nitrogen and oxygen atoms in total. The molecule has 3 atom stereocenters. The Morgan fingerprint density at radius 2 is 2.11 bits per heavy atom. The van der Waals surface area contributed by atoms with E-state index in [1.165, 1.54) is 0 Å². The van der Waals surface area contributed by atoms with Gasteiger partial charge in [-0.3, -0.25) is 9.59 Å². The Kier molecular flexibility index (Phi) is 4.33. The summed E-state index contributed by atoms with van der Waals surface area (Å²) in [7, 11) is 3.61. The van der Waals surface area contributed by atoms with Gasteiger partial charge in [0.2, 0.25) is 11.8 Å². The topological polar surface area (TPSA) is 76.5 Å². The predicted molar refractivity (Wildman–Crippen MR) is 99.9 cm³/mol. The van der Waals surface area contributed by atoms with Crippen LogP contribution in [0.25, 0.3) is 0 Å². The minimum absolute atomic E-state index is 0.0165. The molecule has 2 aliphatic carbocycles. The summed E-state index contributed by atoms with van der Waals surface area (Å²) in [4.78, 5) is 31.9. The maximum absolute atomic E-state index is 13.0. The van der Waals surface area contributed by atoms with Crippen molar-refractivity contribution in [3.8, 4) is 0 Å². The van der Waals surface area contributed by atoms with Crippen molar-refractivity contribution in [3.05, 3.63) is 18.2 Å². The van der Waals surface area contributed by atoms with E-state index in [1.807, 2.05) is 22.7 Å². The lowest BCUT2D eigenvalue weighted by molar-refractivity contribution is -0.132. The highest BCUT2D eigenvalue weighted by molar-refractivity contribution is 5.86. The molecule has 1 saturated heterocycles. The Morgan fingerprint density at radius 3 is 2.70 bits per heavy atom. The van der Waals surface area contributed by atoms with Gasteiger partial charge in [-0.05, 0) is 19.3 Å². The highest BCUT2D eigenvalue weighted by Gasteiger charge is 2.54. The van der Waals surface area contributed by atoms with Gasteiger partial charge in [0.15, 0.2) is 0 Å². The maximum atomic E-state index is 13.0. The van der Waals surface area contributed by atoms with E-state index in [9.17, 15) is 9.59 Å². The molecule has 1 N–H and O–H groups in total.